The van der Waals surface area contributed by atoms with E-state index in [-0.39, 0.29) is 11.9 Å². The lowest BCUT2D eigenvalue weighted by Crippen LogP contribution is -2.40. The van der Waals surface area contributed by atoms with E-state index >= 15 is 0 Å². The van der Waals surface area contributed by atoms with Gasteiger partial charge in [-0.3, -0.25) is 4.90 Å². The molecule has 1 atom stereocenters. The number of aromatic nitrogens is 1. The Morgan fingerprint density at radius 2 is 2.50 bits per heavy atom. The summed E-state index contributed by atoms with van der Waals surface area (Å²) in [5, 5.41) is 11.9. The van der Waals surface area contributed by atoms with E-state index in [1.54, 1.807) is 7.11 Å². The van der Waals surface area contributed by atoms with E-state index in [1.165, 1.54) is 0 Å². The van der Waals surface area contributed by atoms with E-state index in [1.807, 2.05) is 18.2 Å². The Labute approximate surface area is 106 Å². The highest BCUT2D eigenvalue weighted by atomic mass is 16.5. The van der Waals surface area contributed by atoms with Gasteiger partial charge >= 0.3 is 0 Å². The molecule has 1 aliphatic rings. The summed E-state index contributed by atoms with van der Waals surface area (Å²) in [5.74, 6) is 0.877. The van der Waals surface area contributed by atoms with Crippen LogP contribution in [0.15, 0.2) is 23.4 Å². The Kier molecular flexibility index (Phi) is 3.99. The zero-order valence-electron chi connectivity index (χ0n) is 10.4. The van der Waals surface area contributed by atoms with Crippen LogP contribution >= 0.6 is 0 Å². The normalized spacial score (nSPS) is 21.2. The molecule has 1 fully saturated rings. The van der Waals surface area contributed by atoms with Crippen LogP contribution in [0.3, 0.4) is 0 Å². The van der Waals surface area contributed by atoms with Crippen molar-refractivity contribution in [2.24, 2.45) is 10.9 Å². The predicted octanol–water partition coefficient (Wildman–Crippen LogP) is 0.801. The second kappa shape index (κ2) is 5.68. The maximum atomic E-state index is 8.76. The van der Waals surface area contributed by atoms with Crippen molar-refractivity contribution < 1.29 is 9.94 Å². The molecule has 0 bridgehead atoms. The lowest BCUT2D eigenvalue weighted by Gasteiger charge is -2.22. The number of ether oxygens (including phenoxy) is 1. The van der Waals surface area contributed by atoms with Gasteiger partial charge in [0, 0.05) is 12.6 Å². The minimum absolute atomic E-state index is 0.00278. The van der Waals surface area contributed by atoms with Crippen molar-refractivity contribution >= 4 is 5.84 Å². The zero-order valence-corrected chi connectivity index (χ0v) is 10.4. The fraction of sp³-hybridized carbons (Fsp3) is 0.500. The van der Waals surface area contributed by atoms with Crippen molar-refractivity contribution in [3.8, 4) is 5.88 Å². The average Bonchev–Trinajstić information content (AvgIpc) is 2.86. The summed E-state index contributed by atoms with van der Waals surface area (Å²) in [6, 6.07) is 5.68. The number of rotatable bonds is 4. The van der Waals surface area contributed by atoms with Crippen LogP contribution in [0.25, 0.3) is 0 Å². The van der Waals surface area contributed by atoms with E-state index in [0.717, 1.165) is 25.1 Å². The summed E-state index contributed by atoms with van der Waals surface area (Å²) < 4.78 is 5.10. The number of likely N-dealkylation sites (tertiary alicyclic amines) is 1. The van der Waals surface area contributed by atoms with Crippen LogP contribution in [0, 0.1) is 0 Å². The molecule has 1 aromatic rings. The molecular formula is C12H18N4O2. The second-order valence-corrected chi connectivity index (χ2v) is 4.32. The maximum absolute atomic E-state index is 8.76. The maximum Gasteiger partial charge on any atom is 0.213 e. The van der Waals surface area contributed by atoms with Gasteiger partial charge in [0.15, 0.2) is 5.84 Å². The SMILES string of the molecule is COc1cccc(CN2CCCC2C(N)=NO)n1. The highest BCUT2D eigenvalue weighted by Gasteiger charge is 2.28. The molecular weight excluding hydrogens is 232 g/mol. The monoisotopic (exact) mass is 250 g/mol. The molecule has 18 heavy (non-hydrogen) atoms. The van der Waals surface area contributed by atoms with Gasteiger partial charge in [-0.2, -0.15) is 0 Å². The Bertz CT molecular complexity index is 436. The van der Waals surface area contributed by atoms with Crippen molar-refractivity contribution in [1.29, 1.82) is 0 Å². The highest BCUT2D eigenvalue weighted by molar-refractivity contribution is 5.85. The van der Waals surface area contributed by atoms with Crippen LogP contribution in [0.5, 0.6) is 5.88 Å². The van der Waals surface area contributed by atoms with Crippen LogP contribution in [-0.4, -0.2) is 40.6 Å². The minimum Gasteiger partial charge on any atom is -0.481 e. The van der Waals surface area contributed by atoms with Gasteiger partial charge in [0.2, 0.25) is 5.88 Å². The number of hydrogen-bond acceptors (Lipinski definition) is 5. The molecule has 3 N–H and O–H groups in total. The summed E-state index contributed by atoms with van der Waals surface area (Å²) in [6.45, 7) is 1.61. The first-order valence-electron chi connectivity index (χ1n) is 5.96. The van der Waals surface area contributed by atoms with Crippen LogP contribution in [0.2, 0.25) is 0 Å². The van der Waals surface area contributed by atoms with E-state index in [2.05, 4.69) is 15.0 Å². The zero-order chi connectivity index (χ0) is 13.0. The Morgan fingerprint density at radius 3 is 3.22 bits per heavy atom. The number of methoxy groups -OCH3 is 1. The molecule has 1 aliphatic heterocycles. The summed E-state index contributed by atoms with van der Waals surface area (Å²) in [7, 11) is 1.60. The summed E-state index contributed by atoms with van der Waals surface area (Å²) in [4.78, 5) is 6.53. The highest BCUT2D eigenvalue weighted by Crippen LogP contribution is 2.20. The topological polar surface area (TPSA) is 84.0 Å². The van der Waals surface area contributed by atoms with E-state index in [9.17, 15) is 0 Å². The average molecular weight is 250 g/mol. The molecule has 0 saturated carbocycles. The molecule has 6 nitrogen and oxygen atoms in total. The number of nitrogens with zero attached hydrogens (tertiary/aromatic N) is 3. The predicted molar refractivity (Wildman–Crippen MR) is 67.6 cm³/mol. The van der Waals surface area contributed by atoms with Crippen molar-refractivity contribution in [2.45, 2.75) is 25.4 Å². The molecule has 0 spiro atoms. The van der Waals surface area contributed by atoms with Gasteiger partial charge in [-0.15, -0.1) is 0 Å². The number of amidine groups is 1. The van der Waals surface area contributed by atoms with Gasteiger partial charge in [0.1, 0.15) is 0 Å². The van der Waals surface area contributed by atoms with Crippen LogP contribution in [-0.2, 0) is 6.54 Å². The van der Waals surface area contributed by atoms with Crippen molar-refractivity contribution in [2.75, 3.05) is 13.7 Å². The van der Waals surface area contributed by atoms with Crippen molar-refractivity contribution in [3.05, 3.63) is 23.9 Å². The molecule has 1 unspecified atom stereocenters. The molecule has 0 amide bonds. The fourth-order valence-corrected chi connectivity index (χ4v) is 2.28. The van der Waals surface area contributed by atoms with Gasteiger partial charge in [0.25, 0.3) is 0 Å². The van der Waals surface area contributed by atoms with Crippen LogP contribution in [0.1, 0.15) is 18.5 Å². The molecule has 2 rings (SSSR count). The van der Waals surface area contributed by atoms with Gasteiger partial charge in [0.05, 0.1) is 18.8 Å². The first-order chi connectivity index (χ1) is 8.74. The number of pyridine rings is 1. The van der Waals surface area contributed by atoms with Gasteiger partial charge < -0.3 is 15.7 Å². The molecule has 0 radical (unpaired) electrons. The molecule has 0 aliphatic carbocycles. The molecule has 0 aromatic carbocycles. The second-order valence-electron chi connectivity index (χ2n) is 4.32. The lowest BCUT2D eigenvalue weighted by molar-refractivity contribution is 0.271. The summed E-state index contributed by atoms with van der Waals surface area (Å²) in [5.41, 5.74) is 6.61. The van der Waals surface area contributed by atoms with Crippen molar-refractivity contribution in [3.63, 3.8) is 0 Å². The van der Waals surface area contributed by atoms with Crippen molar-refractivity contribution in [1.82, 2.24) is 9.88 Å². The number of nitrogens with two attached hydrogens (primary N) is 1. The lowest BCUT2D eigenvalue weighted by atomic mass is 10.2. The van der Waals surface area contributed by atoms with E-state index in [0.29, 0.717) is 12.4 Å². The third kappa shape index (κ3) is 2.70. The van der Waals surface area contributed by atoms with Crippen LogP contribution in [0.4, 0.5) is 0 Å². The van der Waals surface area contributed by atoms with Gasteiger partial charge in [-0.25, -0.2) is 4.98 Å². The number of hydrogen-bond donors (Lipinski definition) is 2. The first-order valence-corrected chi connectivity index (χ1v) is 5.96. The third-order valence-electron chi connectivity index (χ3n) is 3.18. The largest absolute Gasteiger partial charge is 0.481 e. The fourth-order valence-electron chi connectivity index (χ4n) is 2.28. The van der Waals surface area contributed by atoms with Gasteiger partial charge in [-0.1, -0.05) is 11.2 Å². The molecule has 6 heteroatoms. The minimum atomic E-state index is 0.00278. The Morgan fingerprint density at radius 1 is 1.67 bits per heavy atom. The smallest absolute Gasteiger partial charge is 0.213 e. The van der Waals surface area contributed by atoms with E-state index < -0.39 is 0 Å². The third-order valence-corrected chi connectivity index (χ3v) is 3.18. The number of oxime groups is 1. The summed E-state index contributed by atoms with van der Waals surface area (Å²) in [6.07, 6.45) is 1.96. The quantitative estimate of drug-likeness (QED) is 0.357. The van der Waals surface area contributed by atoms with Crippen LogP contribution < -0.4 is 10.5 Å². The van der Waals surface area contributed by atoms with E-state index in [4.69, 9.17) is 15.7 Å². The summed E-state index contributed by atoms with van der Waals surface area (Å²) >= 11 is 0. The molecule has 1 saturated heterocycles. The first kappa shape index (κ1) is 12.6. The Balaban J connectivity index is 2.08. The molecule has 98 valence electrons. The molecule has 2 heterocycles. The molecule has 1 aromatic heterocycles. The Hall–Kier alpha value is -1.82. The van der Waals surface area contributed by atoms with Gasteiger partial charge in [-0.05, 0) is 25.5 Å². The standard InChI is InChI=1S/C12H18N4O2/c1-18-11-6-2-4-9(14-11)8-16-7-3-5-10(16)12(13)15-17/h2,4,6,10,17H,3,5,7-8H2,1H3,(H2,13,15).